The molecule has 1 unspecified atom stereocenters. The van der Waals surface area contributed by atoms with Crippen molar-refractivity contribution in [1.29, 1.82) is 0 Å². The first-order valence-corrected chi connectivity index (χ1v) is 8.27. The number of fused-ring (bicyclic) bond motifs is 2. The summed E-state index contributed by atoms with van der Waals surface area (Å²) in [5.41, 5.74) is -0.162. The van der Waals surface area contributed by atoms with Crippen molar-refractivity contribution in [3.05, 3.63) is 35.9 Å². The van der Waals surface area contributed by atoms with Crippen molar-refractivity contribution in [2.45, 2.75) is 62.7 Å². The summed E-state index contributed by atoms with van der Waals surface area (Å²) in [4.78, 5) is 12.4. The molecule has 2 heterocycles. The molecular formula is C18H22O6. The molecule has 2 aliphatic heterocycles. The third-order valence-corrected chi connectivity index (χ3v) is 5.05. The first-order valence-electron chi connectivity index (χ1n) is 8.27. The molecule has 1 aromatic carbocycles. The van der Waals surface area contributed by atoms with E-state index in [1.54, 1.807) is 19.2 Å². The second-order valence-corrected chi connectivity index (χ2v) is 7.00. The Morgan fingerprint density at radius 2 is 1.92 bits per heavy atom. The van der Waals surface area contributed by atoms with Crippen LogP contribution in [0.3, 0.4) is 0 Å². The Bertz CT molecular complexity index is 630. The number of carbonyl (C=O) groups is 1. The summed E-state index contributed by atoms with van der Waals surface area (Å²) in [5, 5.41) is 0. The normalized spacial score (nSPS) is 39.5. The highest BCUT2D eigenvalue weighted by Crippen LogP contribution is 2.54. The van der Waals surface area contributed by atoms with E-state index in [1.807, 2.05) is 32.0 Å². The van der Waals surface area contributed by atoms with Crippen molar-refractivity contribution in [2.24, 2.45) is 0 Å². The van der Waals surface area contributed by atoms with Crippen LogP contribution in [0.1, 0.15) is 37.0 Å². The molecule has 0 amide bonds. The van der Waals surface area contributed by atoms with Crippen LogP contribution in [0, 0.1) is 0 Å². The van der Waals surface area contributed by atoms with E-state index in [2.05, 4.69) is 0 Å². The van der Waals surface area contributed by atoms with Crippen LogP contribution in [0.5, 0.6) is 0 Å². The molecule has 24 heavy (non-hydrogen) atoms. The molecule has 0 aromatic heterocycles. The van der Waals surface area contributed by atoms with E-state index in [9.17, 15) is 4.79 Å². The summed E-state index contributed by atoms with van der Waals surface area (Å²) in [7, 11) is 1.58. The van der Waals surface area contributed by atoms with Gasteiger partial charge in [-0.15, -0.1) is 0 Å². The third-order valence-electron chi connectivity index (χ3n) is 5.05. The van der Waals surface area contributed by atoms with Gasteiger partial charge in [0.2, 0.25) is 0 Å². The van der Waals surface area contributed by atoms with Gasteiger partial charge in [-0.3, -0.25) is 0 Å². The van der Waals surface area contributed by atoms with Gasteiger partial charge < -0.3 is 23.7 Å². The number of esters is 1. The fourth-order valence-corrected chi connectivity index (χ4v) is 3.84. The van der Waals surface area contributed by atoms with Crippen LogP contribution in [0.25, 0.3) is 0 Å². The maximum Gasteiger partial charge on any atom is 0.338 e. The van der Waals surface area contributed by atoms with E-state index in [1.165, 1.54) is 0 Å². The topological polar surface area (TPSA) is 63.2 Å². The molecule has 2 saturated heterocycles. The van der Waals surface area contributed by atoms with Gasteiger partial charge in [-0.1, -0.05) is 18.2 Å². The highest BCUT2D eigenvalue weighted by atomic mass is 16.8. The summed E-state index contributed by atoms with van der Waals surface area (Å²) in [6.07, 6.45) is -0.0178. The van der Waals surface area contributed by atoms with E-state index in [0.717, 1.165) is 12.8 Å². The zero-order valence-corrected chi connectivity index (χ0v) is 14.1. The van der Waals surface area contributed by atoms with E-state index < -0.39 is 17.7 Å². The molecule has 130 valence electrons. The maximum atomic E-state index is 12.4. The van der Waals surface area contributed by atoms with Crippen molar-refractivity contribution < 1.29 is 28.5 Å². The van der Waals surface area contributed by atoms with Gasteiger partial charge >= 0.3 is 5.97 Å². The minimum Gasteiger partial charge on any atom is -0.456 e. The van der Waals surface area contributed by atoms with Gasteiger partial charge in [0.05, 0.1) is 5.56 Å². The van der Waals surface area contributed by atoms with Crippen LogP contribution in [-0.4, -0.2) is 49.1 Å². The average Bonchev–Trinajstić information content (AvgIpc) is 3.04. The SMILES string of the molecule is CO[C@@H]1O[C@]2(CC[C@@H]2OC(=O)c2ccccc2)C2OC(C)(C)O[C@@H]21. The first-order chi connectivity index (χ1) is 11.5. The number of carbonyl (C=O) groups excluding carboxylic acids is 1. The van der Waals surface area contributed by atoms with Crippen LogP contribution >= 0.6 is 0 Å². The molecule has 1 saturated carbocycles. The zero-order valence-electron chi connectivity index (χ0n) is 14.1. The Balaban J connectivity index is 1.54. The molecule has 3 fully saturated rings. The van der Waals surface area contributed by atoms with Gasteiger partial charge in [0.1, 0.15) is 23.9 Å². The maximum absolute atomic E-state index is 12.4. The van der Waals surface area contributed by atoms with Crippen molar-refractivity contribution in [2.75, 3.05) is 7.11 Å². The van der Waals surface area contributed by atoms with Crippen LogP contribution in [0.4, 0.5) is 0 Å². The first kappa shape index (κ1) is 16.0. The Hall–Kier alpha value is -1.47. The molecule has 6 nitrogen and oxygen atoms in total. The van der Waals surface area contributed by atoms with E-state index in [-0.39, 0.29) is 24.3 Å². The smallest absolute Gasteiger partial charge is 0.338 e. The average molecular weight is 334 g/mol. The van der Waals surface area contributed by atoms with Crippen molar-refractivity contribution in [1.82, 2.24) is 0 Å². The van der Waals surface area contributed by atoms with Crippen LogP contribution < -0.4 is 0 Å². The standard InChI is InChI=1S/C18H22O6/c1-17(2)22-13-14(23-17)18(24-16(13)20-3)10-9-12(18)21-15(19)11-7-5-4-6-8-11/h4-8,12-14,16H,9-10H2,1-3H3/t12-,13-,14?,16+,18-/m0/s1. The second-order valence-electron chi connectivity index (χ2n) is 7.00. The predicted molar refractivity (Wildman–Crippen MR) is 83.3 cm³/mol. The minimum absolute atomic E-state index is 0.306. The van der Waals surface area contributed by atoms with Crippen molar-refractivity contribution >= 4 is 5.97 Å². The fraction of sp³-hybridized carbons (Fsp3) is 0.611. The molecule has 5 atom stereocenters. The van der Waals surface area contributed by atoms with Gasteiger partial charge in [-0.2, -0.15) is 0 Å². The summed E-state index contributed by atoms with van der Waals surface area (Å²) >= 11 is 0. The van der Waals surface area contributed by atoms with Gasteiger partial charge in [0.15, 0.2) is 12.1 Å². The number of benzene rings is 1. The predicted octanol–water partition coefficient (Wildman–Crippen LogP) is 2.27. The van der Waals surface area contributed by atoms with E-state index in [4.69, 9.17) is 23.7 Å². The quantitative estimate of drug-likeness (QED) is 0.790. The lowest BCUT2D eigenvalue weighted by Crippen LogP contribution is -2.61. The van der Waals surface area contributed by atoms with Gasteiger partial charge in [0, 0.05) is 7.11 Å². The van der Waals surface area contributed by atoms with Crippen molar-refractivity contribution in [3.8, 4) is 0 Å². The molecule has 3 aliphatic rings. The molecule has 1 spiro atoms. The Morgan fingerprint density at radius 1 is 1.17 bits per heavy atom. The monoisotopic (exact) mass is 334 g/mol. The van der Waals surface area contributed by atoms with Gasteiger partial charge in [-0.25, -0.2) is 4.79 Å². The van der Waals surface area contributed by atoms with E-state index in [0.29, 0.717) is 5.56 Å². The van der Waals surface area contributed by atoms with Crippen LogP contribution in [0.15, 0.2) is 30.3 Å². The molecule has 0 N–H and O–H groups in total. The fourth-order valence-electron chi connectivity index (χ4n) is 3.84. The molecule has 0 bridgehead atoms. The molecule has 0 radical (unpaired) electrons. The lowest BCUT2D eigenvalue weighted by molar-refractivity contribution is -0.288. The zero-order chi connectivity index (χ0) is 16.9. The summed E-state index contributed by atoms with van der Waals surface area (Å²) < 4.78 is 29.2. The third kappa shape index (κ3) is 2.37. The van der Waals surface area contributed by atoms with Gasteiger partial charge in [-0.05, 0) is 38.8 Å². The van der Waals surface area contributed by atoms with E-state index >= 15 is 0 Å². The Labute approximate surface area is 141 Å². The van der Waals surface area contributed by atoms with Gasteiger partial charge in [0.25, 0.3) is 0 Å². The Kier molecular flexibility index (Phi) is 3.69. The minimum atomic E-state index is -0.702. The van der Waals surface area contributed by atoms with Crippen molar-refractivity contribution in [3.63, 3.8) is 0 Å². The summed E-state index contributed by atoms with van der Waals surface area (Å²) in [6.45, 7) is 3.74. The molecule has 4 rings (SSSR count). The molecule has 1 aliphatic carbocycles. The number of ether oxygens (including phenoxy) is 5. The highest BCUT2D eigenvalue weighted by molar-refractivity contribution is 5.89. The lowest BCUT2D eigenvalue weighted by atomic mass is 9.72. The van der Waals surface area contributed by atoms with Crippen LogP contribution in [-0.2, 0) is 23.7 Å². The second kappa shape index (κ2) is 5.52. The molecule has 1 aromatic rings. The molecule has 6 heteroatoms. The largest absolute Gasteiger partial charge is 0.456 e. The summed E-state index contributed by atoms with van der Waals surface area (Å²) in [5.74, 6) is -1.05. The number of rotatable bonds is 3. The lowest BCUT2D eigenvalue weighted by Gasteiger charge is -2.47. The Morgan fingerprint density at radius 3 is 2.54 bits per heavy atom. The van der Waals surface area contributed by atoms with Crippen LogP contribution in [0.2, 0.25) is 0 Å². The molecular weight excluding hydrogens is 312 g/mol. The number of hydrogen-bond acceptors (Lipinski definition) is 6. The number of hydrogen-bond donors (Lipinski definition) is 0. The highest BCUT2D eigenvalue weighted by Gasteiger charge is 2.70. The summed E-state index contributed by atoms with van der Waals surface area (Å²) in [6, 6.07) is 8.96. The number of methoxy groups -OCH3 is 1.